The molecular formula is C19H39KO2. The van der Waals surface area contributed by atoms with Crippen molar-refractivity contribution in [3.05, 3.63) is 0 Å². The SMILES string of the molecule is CCCCCCCCCCCCCCCCCC(=O)OC.[KH]. The van der Waals surface area contributed by atoms with Crippen LogP contribution in [0.3, 0.4) is 0 Å². The summed E-state index contributed by atoms with van der Waals surface area (Å²) >= 11 is 0. The van der Waals surface area contributed by atoms with E-state index in [0.717, 1.165) is 6.42 Å². The Hall–Kier alpha value is 1.11. The van der Waals surface area contributed by atoms with Crippen LogP contribution in [0.4, 0.5) is 0 Å². The molecule has 0 aliphatic carbocycles. The molecule has 0 saturated heterocycles. The zero-order valence-corrected chi connectivity index (χ0v) is 14.6. The van der Waals surface area contributed by atoms with Gasteiger partial charge >= 0.3 is 57.4 Å². The number of ether oxygens (including phenoxy) is 1. The van der Waals surface area contributed by atoms with Gasteiger partial charge < -0.3 is 4.74 Å². The number of esters is 1. The second kappa shape index (κ2) is 22.1. The van der Waals surface area contributed by atoms with Gasteiger partial charge in [0.05, 0.1) is 7.11 Å². The summed E-state index contributed by atoms with van der Waals surface area (Å²) in [5.74, 6) is -0.0651. The van der Waals surface area contributed by atoms with Crippen LogP contribution in [-0.4, -0.2) is 64.5 Å². The Kier molecular flexibility index (Phi) is 25.5. The summed E-state index contributed by atoms with van der Waals surface area (Å²) in [5.41, 5.74) is 0. The molecule has 0 atom stereocenters. The van der Waals surface area contributed by atoms with Gasteiger partial charge in [0.2, 0.25) is 0 Å². The van der Waals surface area contributed by atoms with Gasteiger partial charge in [-0.2, -0.15) is 0 Å². The molecular weight excluding hydrogens is 299 g/mol. The minimum atomic E-state index is -0.0651. The van der Waals surface area contributed by atoms with E-state index in [9.17, 15) is 4.79 Å². The van der Waals surface area contributed by atoms with Crippen molar-refractivity contribution in [1.29, 1.82) is 0 Å². The second-order valence-electron chi connectivity index (χ2n) is 6.28. The first kappa shape index (κ1) is 25.3. The average Bonchev–Trinajstić information content (AvgIpc) is 2.50. The number of hydrogen-bond acceptors (Lipinski definition) is 2. The maximum atomic E-state index is 10.9. The molecule has 0 aromatic carbocycles. The van der Waals surface area contributed by atoms with Crippen LogP contribution in [0.5, 0.6) is 0 Å². The summed E-state index contributed by atoms with van der Waals surface area (Å²) in [6, 6.07) is 0. The fourth-order valence-electron chi connectivity index (χ4n) is 2.74. The number of carbonyl (C=O) groups is 1. The Balaban J connectivity index is 0. The second-order valence-corrected chi connectivity index (χ2v) is 6.28. The monoisotopic (exact) mass is 338 g/mol. The Labute approximate surface area is 182 Å². The van der Waals surface area contributed by atoms with Crippen LogP contribution in [0.2, 0.25) is 0 Å². The predicted molar refractivity (Wildman–Crippen MR) is 98.7 cm³/mol. The van der Waals surface area contributed by atoms with Crippen molar-refractivity contribution in [1.82, 2.24) is 0 Å². The van der Waals surface area contributed by atoms with E-state index in [0.29, 0.717) is 6.42 Å². The third kappa shape index (κ3) is 21.1. The van der Waals surface area contributed by atoms with Crippen molar-refractivity contribution in [2.24, 2.45) is 0 Å². The van der Waals surface area contributed by atoms with E-state index < -0.39 is 0 Å². The molecule has 22 heavy (non-hydrogen) atoms. The van der Waals surface area contributed by atoms with Crippen molar-refractivity contribution < 1.29 is 9.53 Å². The predicted octanol–water partition coefficient (Wildman–Crippen LogP) is 5.77. The number of unbranched alkanes of at least 4 members (excludes halogenated alkanes) is 14. The van der Waals surface area contributed by atoms with E-state index >= 15 is 0 Å². The Morgan fingerprint density at radius 3 is 1.27 bits per heavy atom. The summed E-state index contributed by atoms with van der Waals surface area (Å²) in [6.45, 7) is 2.28. The minimum absolute atomic E-state index is 0. The molecule has 0 saturated carbocycles. The third-order valence-electron chi connectivity index (χ3n) is 4.21. The first-order valence-electron chi connectivity index (χ1n) is 9.38. The van der Waals surface area contributed by atoms with Crippen molar-refractivity contribution in [3.63, 3.8) is 0 Å². The van der Waals surface area contributed by atoms with E-state index in [4.69, 9.17) is 0 Å². The first-order chi connectivity index (χ1) is 10.3. The zero-order valence-electron chi connectivity index (χ0n) is 14.6. The number of hydrogen-bond donors (Lipinski definition) is 0. The Morgan fingerprint density at radius 2 is 0.955 bits per heavy atom. The topological polar surface area (TPSA) is 26.3 Å². The first-order valence-corrected chi connectivity index (χ1v) is 9.38. The average molecular weight is 339 g/mol. The van der Waals surface area contributed by atoms with E-state index in [1.165, 1.54) is 97.0 Å². The van der Waals surface area contributed by atoms with Crippen LogP contribution in [-0.2, 0) is 9.53 Å². The van der Waals surface area contributed by atoms with Gasteiger partial charge in [-0.15, -0.1) is 0 Å². The molecule has 128 valence electrons. The van der Waals surface area contributed by atoms with Crippen LogP contribution in [0.25, 0.3) is 0 Å². The fourth-order valence-corrected chi connectivity index (χ4v) is 2.74. The van der Waals surface area contributed by atoms with Crippen LogP contribution in [0, 0.1) is 0 Å². The molecule has 0 N–H and O–H groups in total. The fraction of sp³-hybridized carbons (Fsp3) is 0.947. The summed E-state index contributed by atoms with van der Waals surface area (Å²) in [6.07, 6.45) is 20.9. The van der Waals surface area contributed by atoms with E-state index in [2.05, 4.69) is 11.7 Å². The summed E-state index contributed by atoms with van der Waals surface area (Å²) in [4.78, 5) is 10.9. The molecule has 0 bridgehead atoms. The molecule has 0 rings (SSSR count). The summed E-state index contributed by atoms with van der Waals surface area (Å²) in [7, 11) is 1.47. The molecule has 0 aromatic heterocycles. The van der Waals surface area contributed by atoms with E-state index in [1.807, 2.05) is 0 Å². The van der Waals surface area contributed by atoms with Crippen LogP contribution in [0.15, 0.2) is 0 Å². The van der Waals surface area contributed by atoms with Gasteiger partial charge in [-0.05, 0) is 6.42 Å². The molecule has 0 aliphatic rings. The Bertz CT molecular complexity index is 219. The zero-order chi connectivity index (χ0) is 15.6. The molecule has 0 aromatic rings. The quantitative estimate of drug-likeness (QED) is 0.203. The molecule has 2 nitrogen and oxygen atoms in total. The van der Waals surface area contributed by atoms with Crippen molar-refractivity contribution in [2.75, 3.05) is 7.11 Å². The molecule has 0 radical (unpaired) electrons. The number of methoxy groups -OCH3 is 1. The molecule has 3 heteroatoms. The standard InChI is InChI=1S/C19H38O2.K.H/c1-3-4-5-6-7-8-9-10-11-12-13-14-15-16-17-18-19(20)21-2;;/h3-18H2,1-2H3;;. The summed E-state index contributed by atoms with van der Waals surface area (Å²) < 4.78 is 4.63. The van der Waals surface area contributed by atoms with Crippen molar-refractivity contribution in [2.45, 2.75) is 110 Å². The van der Waals surface area contributed by atoms with Crippen molar-refractivity contribution in [3.8, 4) is 0 Å². The number of rotatable bonds is 16. The maximum absolute atomic E-state index is 10.9. The van der Waals surface area contributed by atoms with Crippen molar-refractivity contribution >= 4 is 57.4 Å². The van der Waals surface area contributed by atoms with Crippen LogP contribution < -0.4 is 0 Å². The number of carbonyl (C=O) groups excluding carboxylic acids is 1. The van der Waals surface area contributed by atoms with Gasteiger partial charge in [-0.3, -0.25) is 4.79 Å². The normalized spacial score (nSPS) is 10.3. The van der Waals surface area contributed by atoms with E-state index in [1.54, 1.807) is 0 Å². The van der Waals surface area contributed by atoms with Crippen LogP contribution >= 0.6 is 0 Å². The van der Waals surface area contributed by atoms with Gasteiger partial charge in [-0.1, -0.05) is 96.8 Å². The Morgan fingerprint density at radius 1 is 0.636 bits per heavy atom. The molecule has 0 unspecified atom stereocenters. The van der Waals surface area contributed by atoms with E-state index in [-0.39, 0.29) is 57.4 Å². The third-order valence-corrected chi connectivity index (χ3v) is 4.21. The van der Waals surface area contributed by atoms with Gasteiger partial charge in [-0.25, -0.2) is 0 Å². The van der Waals surface area contributed by atoms with Gasteiger partial charge in [0.15, 0.2) is 0 Å². The molecule has 0 amide bonds. The molecule has 0 fully saturated rings. The molecule has 0 aliphatic heterocycles. The van der Waals surface area contributed by atoms with Crippen LogP contribution in [0.1, 0.15) is 110 Å². The van der Waals surface area contributed by atoms with Gasteiger partial charge in [0.25, 0.3) is 0 Å². The molecule has 0 heterocycles. The van der Waals surface area contributed by atoms with Gasteiger partial charge in [0, 0.05) is 6.42 Å². The van der Waals surface area contributed by atoms with Gasteiger partial charge in [0.1, 0.15) is 0 Å². The molecule has 0 spiro atoms. The summed E-state index contributed by atoms with van der Waals surface area (Å²) in [5, 5.41) is 0.